The van der Waals surface area contributed by atoms with E-state index in [-0.39, 0.29) is 12.2 Å². The highest BCUT2D eigenvalue weighted by Crippen LogP contribution is 2.41. The summed E-state index contributed by atoms with van der Waals surface area (Å²) in [5.74, 6) is 0.333. The van der Waals surface area contributed by atoms with Gasteiger partial charge in [0.1, 0.15) is 5.70 Å². The third-order valence-corrected chi connectivity index (χ3v) is 4.77. The second kappa shape index (κ2) is 4.65. The molecule has 3 aliphatic rings. The molecule has 3 nitrogen and oxygen atoms in total. The van der Waals surface area contributed by atoms with Gasteiger partial charge in [0.05, 0.1) is 0 Å². The van der Waals surface area contributed by atoms with Gasteiger partial charge in [-0.05, 0) is 37.0 Å². The molecule has 0 radical (unpaired) electrons. The van der Waals surface area contributed by atoms with E-state index in [4.69, 9.17) is 4.74 Å². The molecule has 2 heterocycles. The number of cyclic esters (lactones) is 1. The predicted octanol–water partition coefficient (Wildman–Crippen LogP) is 3.40. The Kier molecular flexibility index (Phi) is 2.79. The van der Waals surface area contributed by atoms with E-state index in [0.717, 1.165) is 17.8 Å². The van der Waals surface area contributed by atoms with Crippen LogP contribution in [0.15, 0.2) is 36.0 Å². The lowest BCUT2D eigenvalue weighted by Gasteiger charge is -2.35. The number of fused-ring (bicyclic) bond motifs is 3. The number of hydrogen-bond acceptors (Lipinski definition) is 3. The lowest BCUT2D eigenvalue weighted by molar-refractivity contribution is -0.141. The molecule has 104 valence electrons. The highest BCUT2D eigenvalue weighted by molar-refractivity contribution is 5.97. The van der Waals surface area contributed by atoms with Crippen LogP contribution in [0.3, 0.4) is 0 Å². The van der Waals surface area contributed by atoms with Gasteiger partial charge in [-0.15, -0.1) is 0 Å². The Bertz CT molecular complexity index is 572. The van der Waals surface area contributed by atoms with Crippen molar-refractivity contribution in [2.24, 2.45) is 5.92 Å². The van der Waals surface area contributed by atoms with E-state index in [1.165, 1.54) is 37.7 Å². The fraction of sp³-hybridized carbons (Fsp3) is 0.471. The molecule has 3 heteroatoms. The molecule has 0 bridgehead atoms. The Morgan fingerprint density at radius 2 is 1.90 bits per heavy atom. The normalized spacial score (nSPS) is 25.8. The van der Waals surface area contributed by atoms with Gasteiger partial charge in [0.25, 0.3) is 0 Å². The van der Waals surface area contributed by atoms with Gasteiger partial charge in [-0.1, -0.05) is 37.5 Å². The van der Waals surface area contributed by atoms with E-state index in [1.807, 2.05) is 12.1 Å². The van der Waals surface area contributed by atoms with Crippen molar-refractivity contribution in [3.8, 4) is 0 Å². The zero-order valence-electron chi connectivity index (χ0n) is 11.5. The van der Waals surface area contributed by atoms with E-state index in [2.05, 4.69) is 23.1 Å². The Morgan fingerprint density at radius 3 is 2.75 bits per heavy atom. The van der Waals surface area contributed by atoms with Crippen LogP contribution in [0.25, 0.3) is 0 Å². The van der Waals surface area contributed by atoms with E-state index >= 15 is 0 Å². The second-order valence-corrected chi connectivity index (χ2v) is 5.99. The molecule has 0 spiro atoms. The smallest absolute Gasteiger partial charge is 0.356 e. The van der Waals surface area contributed by atoms with Crippen molar-refractivity contribution in [1.82, 2.24) is 0 Å². The molecule has 0 amide bonds. The van der Waals surface area contributed by atoms with Crippen LogP contribution >= 0.6 is 0 Å². The third kappa shape index (κ3) is 1.76. The molecule has 1 saturated heterocycles. The number of rotatable bonds is 1. The number of carbonyl (C=O) groups is 1. The Hall–Kier alpha value is -1.77. The van der Waals surface area contributed by atoms with Crippen molar-refractivity contribution >= 4 is 11.7 Å². The van der Waals surface area contributed by atoms with Gasteiger partial charge in [0.15, 0.2) is 6.23 Å². The molecule has 1 unspecified atom stereocenters. The quantitative estimate of drug-likeness (QED) is 0.732. The molecule has 20 heavy (non-hydrogen) atoms. The average Bonchev–Trinajstić information content (AvgIpc) is 2.86. The van der Waals surface area contributed by atoms with E-state index in [9.17, 15) is 4.79 Å². The van der Waals surface area contributed by atoms with Crippen molar-refractivity contribution in [2.75, 3.05) is 4.90 Å². The monoisotopic (exact) mass is 269 g/mol. The standard InChI is InChI=1S/C17H19NO2/c19-17-15-11-10-12-6-4-5-9-14(12)18(15)16(20-17)13-7-2-1-3-8-13/h4-6,9,11,13,16H,1-3,7-8,10H2. The first kappa shape index (κ1) is 12.0. The average molecular weight is 269 g/mol. The number of anilines is 1. The summed E-state index contributed by atoms with van der Waals surface area (Å²) in [5, 5.41) is 0. The number of hydrogen-bond donors (Lipinski definition) is 0. The number of benzene rings is 1. The van der Waals surface area contributed by atoms with Crippen LogP contribution in [-0.2, 0) is 16.0 Å². The van der Waals surface area contributed by atoms with Crippen LogP contribution in [0.4, 0.5) is 5.69 Å². The Morgan fingerprint density at radius 1 is 1.10 bits per heavy atom. The van der Waals surface area contributed by atoms with Gasteiger partial charge < -0.3 is 4.74 Å². The first-order valence-electron chi connectivity index (χ1n) is 7.63. The largest absolute Gasteiger partial charge is 0.436 e. The van der Waals surface area contributed by atoms with Gasteiger partial charge in [0, 0.05) is 11.6 Å². The van der Waals surface area contributed by atoms with Gasteiger partial charge in [0.2, 0.25) is 0 Å². The van der Waals surface area contributed by atoms with E-state index in [0.29, 0.717) is 5.92 Å². The first-order valence-corrected chi connectivity index (χ1v) is 7.63. The van der Waals surface area contributed by atoms with Crippen LogP contribution in [0, 0.1) is 5.92 Å². The fourth-order valence-corrected chi connectivity index (χ4v) is 3.76. The van der Waals surface area contributed by atoms with Crippen LogP contribution in [0.5, 0.6) is 0 Å². The Labute approximate surface area is 119 Å². The summed E-state index contributed by atoms with van der Waals surface area (Å²) in [6, 6.07) is 8.36. The van der Waals surface area contributed by atoms with Crippen molar-refractivity contribution < 1.29 is 9.53 Å². The van der Waals surface area contributed by atoms with Crippen molar-refractivity contribution in [3.63, 3.8) is 0 Å². The minimum atomic E-state index is -0.143. The molecule has 1 aromatic rings. The SMILES string of the molecule is O=C1OC(C2CCCCC2)N2C1=CCc1ccccc12. The molecule has 1 aliphatic carbocycles. The molecular formula is C17H19NO2. The van der Waals surface area contributed by atoms with Crippen LogP contribution < -0.4 is 4.90 Å². The second-order valence-electron chi connectivity index (χ2n) is 5.99. The lowest BCUT2D eigenvalue weighted by Crippen LogP contribution is -2.38. The lowest BCUT2D eigenvalue weighted by atomic mass is 9.87. The number of nitrogens with zero attached hydrogens (tertiary/aromatic N) is 1. The summed E-state index contributed by atoms with van der Waals surface area (Å²) in [6.45, 7) is 0. The molecule has 4 rings (SSSR count). The maximum atomic E-state index is 12.1. The molecule has 2 fully saturated rings. The van der Waals surface area contributed by atoms with Crippen molar-refractivity contribution in [1.29, 1.82) is 0 Å². The molecule has 1 saturated carbocycles. The summed E-state index contributed by atoms with van der Waals surface area (Å²) in [4.78, 5) is 14.3. The van der Waals surface area contributed by atoms with Gasteiger partial charge >= 0.3 is 5.97 Å². The Balaban J connectivity index is 1.73. The first-order chi connectivity index (χ1) is 9.84. The number of allylic oxidation sites excluding steroid dienone is 1. The minimum absolute atomic E-state index is 0.0875. The van der Waals surface area contributed by atoms with Gasteiger partial charge in [-0.25, -0.2) is 4.79 Å². The van der Waals surface area contributed by atoms with Crippen molar-refractivity contribution in [3.05, 3.63) is 41.6 Å². The summed E-state index contributed by atoms with van der Waals surface area (Å²) in [7, 11) is 0. The van der Waals surface area contributed by atoms with Crippen LogP contribution in [0.1, 0.15) is 37.7 Å². The van der Waals surface area contributed by atoms with Gasteiger partial charge in [-0.3, -0.25) is 4.90 Å². The maximum Gasteiger partial charge on any atom is 0.356 e. The van der Waals surface area contributed by atoms with E-state index in [1.54, 1.807) is 0 Å². The zero-order chi connectivity index (χ0) is 13.5. The summed E-state index contributed by atoms with van der Waals surface area (Å²) in [6.07, 6.45) is 8.93. The number of esters is 1. The number of ether oxygens (including phenoxy) is 1. The predicted molar refractivity (Wildman–Crippen MR) is 77.2 cm³/mol. The van der Waals surface area contributed by atoms with Crippen LogP contribution in [0.2, 0.25) is 0 Å². The number of carbonyl (C=O) groups excluding carboxylic acids is 1. The third-order valence-electron chi connectivity index (χ3n) is 4.77. The molecule has 0 aromatic heterocycles. The summed E-state index contributed by atoms with van der Waals surface area (Å²) in [5.41, 5.74) is 3.20. The summed E-state index contributed by atoms with van der Waals surface area (Å²) < 4.78 is 5.72. The van der Waals surface area contributed by atoms with Crippen molar-refractivity contribution in [2.45, 2.75) is 44.8 Å². The van der Waals surface area contributed by atoms with E-state index < -0.39 is 0 Å². The molecule has 1 aromatic carbocycles. The fourth-order valence-electron chi connectivity index (χ4n) is 3.76. The van der Waals surface area contributed by atoms with Gasteiger partial charge in [-0.2, -0.15) is 0 Å². The molecule has 1 atom stereocenters. The minimum Gasteiger partial charge on any atom is -0.436 e. The number of para-hydroxylation sites is 1. The topological polar surface area (TPSA) is 29.5 Å². The highest BCUT2D eigenvalue weighted by atomic mass is 16.6. The molecular weight excluding hydrogens is 250 g/mol. The highest BCUT2D eigenvalue weighted by Gasteiger charge is 2.44. The molecule has 0 N–H and O–H groups in total. The maximum absolute atomic E-state index is 12.1. The zero-order valence-corrected chi connectivity index (χ0v) is 11.5. The molecule has 2 aliphatic heterocycles. The summed E-state index contributed by atoms with van der Waals surface area (Å²) >= 11 is 0. The van der Waals surface area contributed by atoms with Crippen LogP contribution in [-0.4, -0.2) is 12.2 Å².